The normalized spacial score (nSPS) is 15.0. The number of likely N-dealkylation sites (tertiary alicyclic amines) is 1. The van der Waals surface area contributed by atoms with Crippen molar-refractivity contribution in [2.24, 2.45) is 0 Å². The quantitative estimate of drug-likeness (QED) is 0.602. The zero-order valence-corrected chi connectivity index (χ0v) is 13.6. The van der Waals surface area contributed by atoms with Crippen molar-refractivity contribution < 1.29 is 19.4 Å². The summed E-state index contributed by atoms with van der Waals surface area (Å²) in [5.74, 6) is -1.07. The number of aromatic nitrogens is 1. The number of carboxylic acids is 1. The number of benzene rings is 1. The van der Waals surface area contributed by atoms with E-state index in [4.69, 9.17) is 9.84 Å². The van der Waals surface area contributed by atoms with Crippen LogP contribution in [-0.2, 0) is 16.0 Å². The first-order chi connectivity index (χ1) is 11.6. The number of nitrogens with zero attached hydrogens (tertiary/aromatic N) is 1. The van der Waals surface area contributed by atoms with Gasteiger partial charge in [-0.3, -0.25) is 9.59 Å². The molecule has 1 saturated heterocycles. The van der Waals surface area contributed by atoms with E-state index in [1.165, 1.54) is 31.5 Å². The summed E-state index contributed by atoms with van der Waals surface area (Å²) in [6, 6.07) is 5.46. The lowest BCUT2D eigenvalue weighted by Gasteiger charge is -2.13. The number of aliphatic carboxylic acids is 1. The summed E-state index contributed by atoms with van der Waals surface area (Å²) in [7, 11) is 0. The number of carboxylic acid groups (broad SMARTS) is 1. The van der Waals surface area contributed by atoms with Gasteiger partial charge in [-0.05, 0) is 56.1 Å². The molecule has 3 rings (SSSR count). The molecule has 1 aromatic heterocycles. The summed E-state index contributed by atoms with van der Waals surface area (Å²) < 4.78 is 5.25. The molecule has 0 radical (unpaired) electrons. The molecular weight excluding hydrogens is 308 g/mol. The van der Waals surface area contributed by atoms with Crippen LogP contribution in [-0.4, -0.2) is 46.6 Å². The Morgan fingerprint density at radius 1 is 1.21 bits per heavy atom. The van der Waals surface area contributed by atoms with Gasteiger partial charge in [0.15, 0.2) is 0 Å². The van der Waals surface area contributed by atoms with E-state index in [0.717, 1.165) is 23.9 Å². The van der Waals surface area contributed by atoms with Crippen LogP contribution in [0.3, 0.4) is 0 Å². The number of esters is 1. The van der Waals surface area contributed by atoms with Gasteiger partial charge in [-0.1, -0.05) is 0 Å². The number of ether oxygens (including phenoxy) is 1. The minimum atomic E-state index is -1.00. The molecule has 0 amide bonds. The van der Waals surface area contributed by atoms with Gasteiger partial charge >= 0.3 is 11.9 Å². The largest absolute Gasteiger partial charge is 0.481 e. The second kappa shape index (κ2) is 7.49. The van der Waals surface area contributed by atoms with Crippen molar-refractivity contribution >= 4 is 22.8 Å². The number of aromatic amines is 1. The van der Waals surface area contributed by atoms with Crippen molar-refractivity contribution in [3.63, 3.8) is 0 Å². The highest BCUT2D eigenvalue weighted by Crippen LogP contribution is 2.25. The molecule has 6 heteroatoms. The van der Waals surface area contributed by atoms with E-state index in [1.54, 1.807) is 6.07 Å². The van der Waals surface area contributed by atoms with Gasteiger partial charge < -0.3 is 19.7 Å². The van der Waals surface area contributed by atoms with Gasteiger partial charge in [0, 0.05) is 23.6 Å². The second-order valence-corrected chi connectivity index (χ2v) is 6.19. The average molecular weight is 330 g/mol. The lowest BCUT2D eigenvalue weighted by Crippen LogP contribution is -2.21. The fraction of sp³-hybridized carbons (Fsp3) is 0.444. The van der Waals surface area contributed by atoms with Crippen molar-refractivity contribution in [1.82, 2.24) is 9.88 Å². The first kappa shape index (κ1) is 16.5. The lowest BCUT2D eigenvalue weighted by molar-refractivity contribution is -0.142. The average Bonchev–Trinajstić information content (AvgIpc) is 3.20. The number of carbonyl (C=O) groups excluding carboxylic acids is 1. The zero-order chi connectivity index (χ0) is 16.9. The van der Waals surface area contributed by atoms with Crippen molar-refractivity contribution in [1.29, 1.82) is 0 Å². The Morgan fingerprint density at radius 2 is 2.00 bits per heavy atom. The monoisotopic (exact) mass is 330 g/mol. The molecule has 128 valence electrons. The molecule has 1 aliphatic heterocycles. The molecule has 1 aliphatic rings. The van der Waals surface area contributed by atoms with Crippen molar-refractivity contribution in [2.75, 3.05) is 19.6 Å². The molecule has 0 bridgehead atoms. The van der Waals surface area contributed by atoms with Crippen LogP contribution < -0.4 is 4.74 Å². The Kier molecular flexibility index (Phi) is 5.15. The van der Waals surface area contributed by atoms with Crippen molar-refractivity contribution in [2.45, 2.75) is 32.1 Å². The second-order valence-electron chi connectivity index (χ2n) is 6.19. The van der Waals surface area contributed by atoms with E-state index in [1.807, 2.05) is 18.3 Å². The minimum Gasteiger partial charge on any atom is -0.481 e. The predicted octanol–water partition coefficient (Wildman–Crippen LogP) is 2.58. The van der Waals surface area contributed by atoms with E-state index in [9.17, 15) is 9.59 Å². The molecule has 0 saturated carbocycles. The number of H-pyrrole nitrogens is 1. The molecule has 2 aromatic rings. The summed E-state index contributed by atoms with van der Waals surface area (Å²) in [5, 5.41) is 9.66. The highest BCUT2D eigenvalue weighted by Gasteiger charge is 2.13. The molecular formula is C18H22N2O4. The maximum atomic E-state index is 11.7. The molecule has 24 heavy (non-hydrogen) atoms. The smallest absolute Gasteiger partial charge is 0.311 e. The molecule has 2 N–H and O–H groups in total. The van der Waals surface area contributed by atoms with Crippen LogP contribution in [0, 0.1) is 0 Å². The van der Waals surface area contributed by atoms with E-state index < -0.39 is 11.9 Å². The molecule has 6 nitrogen and oxygen atoms in total. The van der Waals surface area contributed by atoms with Gasteiger partial charge in [0.2, 0.25) is 0 Å². The van der Waals surface area contributed by atoms with E-state index in [0.29, 0.717) is 5.75 Å². The third kappa shape index (κ3) is 4.14. The SMILES string of the molecule is O=C(O)CCC(=O)Oc1ccc2[nH]cc(CCN3CCCC3)c2c1. The molecule has 2 heterocycles. The Balaban J connectivity index is 1.66. The van der Waals surface area contributed by atoms with Gasteiger partial charge in [0.05, 0.1) is 12.8 Å². The van der Waals surface area contributed by atoms with Gasteiger partial charge in [-0.15, -0.1) is 0 Å². The lowest BCUT2D eigenvalue weighted by atomic mass is 10.1. The Morgan fingerprint density at radius 3 is 2.75 bits per heavy atom. The Hall–Kier alpha value is -2.34. The van der Waals surface area contributed by atoms with Crippen molar-refractivity contribution in [3.8, 4) is 5.75 Å². The summed E-state index contributed by atoms with van der Waals surface area (Å²) in [6.45, 7) is 3.39. The van der Waals surface area contributed by atoms with Crippen LogP contribution in [0.1, 0.15) is 31.2 Å². The number of carbonyl (C=O) groups is 2. The van der Waals surface area contributed by atoms with Crippen molar-refractivity contribution in [3.05, 3.63) is 30.0 Å². The highest BCUT2D eigenvalue weighted by molar-refractivity contribution is 5.86. The summed E-state index contributed by atoms with van der Waals surface area (Å²) >= 11 is 0. The van der Waals surface area contributed by atoms with Gasteiger partial charge in [-0.2, -0.15) is 0 Å². The molecule has 0 unspecified atom stereocenters. The first-order valence-corrected chi connectivity index (χ1v) is 8.36. The topological polar surface area (TPSA) is 82.6 Å². The molecule has 0 spiro atoms. The maximum Gasteiger partial charge on any atom is 0.311 e. The number of nitrogens with one attached hydrogen (secondary N) is 1. The maximum absolute atomic E-state index is 11.7. The summed E-state index contributed by atoms with van der Waals surface area (Å²) in [5.41, 5.74) is 2.22. The Labute approximate surface area is 140 Å². The summed E-state index contributed by atoms with van der Waals surface area (Å²) in [6.07, 6.45) is 5.19. The predicted molar refractivity (Wildman–Crippen MR) is 90.2 cm³/mol. The van der Waals surface area contributed by atoms with E-state index in [2.05, 4.69) is 9.88 Å². The number of hydrogen-bond donors (Lipinski definition) is 2. The molecule has 0 atom stereocenters. The molecule has 1 aromatic carbocycles. The van der Waals surface area contributed by atoms with Crippen LogP contribution >= 0.6 is 0 Å². The van der Waals surface area contributed by atoms with Crippen LogP contribution in [0.5, 0.6) is 5.75 Å². The first-order valence-electron chi connectivity index (χ1n) is 8.36. The molecule has 1 fully saturated rings. The van der Waals surface area contributed by atoms with Crippen LogP contribution in [0.4, 0.5) is 0 Å². The standard InChI is InChI=1S/C18H22N2O4/c21-17(22)5-6-18(23)24-14-3-4-16-15(11-14)13(12-19-16)7-10-20-8-1-2-9-20/h3-4,11-12,19H,1-2,5-10H2,(H,21,22). The number of rotatable bonds is 7. The van der Waals surface area contributed by atoms with Gasteiger partial charge in [0.1, 0.15) is 5.75 Å². The third-order valence-electron chi connectivity index (χ3n) is 4.41. The van der Waals surface area contributed by atoms with Crippen LogP contribution in [0.15, 0.2) is 24.4 Å². The molecule has 0 aliphatic carbocycles. The fourth-order valence-electron chi connectivity index (χ4n) is 3.10. The highest BCUT2D eigenvalue weighted by atomic mass is 16.5. The summed E-state index contributed by atoms with van der Waals surface area (Å²) in [4.78, 5) is 27.9. The Bertz CT molecular complexity index is 732. The van der Waals surface area contributed by atoms with E-state index in [-0.39, 0.29) is 12.8 Å². The van der Waals surface area contributed by atoms with Gasteiger partial charge in [0.25, 0.3) is 0 Å². The number of hydrogen-bond acceptors (Lipinski definition) is 4. The fourth-order valence-corrected chi connectivity index (χ4v) is 3.10. The van der Waals surface area contributed by atoms with E-state index >= 15 is 0 Å². The van der Waals surface area contributed by atoms with Crippen LogP contribution in [0.2, 0.25) is 0 Å². The zero-order valence-electron chi connectivity index (χ0n) is 13.6. The van der Waals surface area contributed by atoms with Gasteiger partial charge in [-0.25, -0.2) is 0 Å². The third-order valence-corrected chi connectivity index (χ3v) is 4.41. The number of fused-ring (bicyclic) bond motifs is 1. The minimum absolute atomic E-state index is 0.123. The van der Waals surface area contributed by atoms with Crippen LogP contribution in [0.25, 0.3) is 10.9 Å².